The number of ether oxygens (including phenoxy) is 1. The van der Waals surface area contributed by atoms with Crippen molar-refractivity contribution in [2.75, 3.05) is 23.5 Å². The SMILES string of the molecule is CC(=O)Nc1ccc(CC(=O)OCC(=O)Nc2cccc(S(C)(=O)=O)c2)cc1. The lowest BCUT2D eigenvalue weighted by molar-refractivity contribution is -0.146. The number of rotatable bonds is 7. The summed E-state index contributed by atoms with van der Waals surface area (Å²) in [4.78, 5) is 34.8. The van der Waals surface area contributed by atoms with Crippen LogP contribution in [0.15, 0.2) is 53.4 Å². The predicted molar refractivity (Wildman–Crippen MR) is 104 cm³/mol. The molecule has 0 spiro atoms. The van der Waals surface area contributed by atoms with E-state index in [4.69, 9.17) is 4.74 Å². The molecule has 2 aromatic rings. The van der Waals surface area contributed by atoms with Crippen molar-refractivity contribution < 1.29 is 27.5 Å². The van der Waals surface area contributed by atoms with E-state index >= 15 is 0 Å². The summed E-state index contributed by atoms with van der Waals surface area (Å²) in [7, 11) is -3.39. The summed E-state index contributed by atoms with van der Waals surface area (Å²) in [6.07, 6.45) is 1.04. The van der Waals surface area contributed by atoms with E-state index in [1.54, 1.807) is 24.3 Å². The average molecular weight is 404 g/mol. The van der Waals surface area contributed by atoms with Crippen molar-refractivity contribution in [3.8, 4) is 0 Å². The van der Waals surface area contributed by atoms with E-state index in [2.05, 4.69) is 10.6 Å². The quantitative estimate of drug-likeness (QED) is 0.679. The van der Waals surface area contributed by atoms with E-state index in [1.165, 1.54) is 31.2 Å². The summed E-state index contributed by atoms with van der Waals surface area (Å²) in [6.45, 7) is 0.902. The average Bonchev–Trinajstić information content (AvgIpc) is 2.61. The smallest absolute Gasteiger partial charge is 0.310 e. The fourth-order valence-corrected chi connectivity index (χ4v) is 2.94. The lowest BCUT2D eigenvalue weighted by Crippen LogP contribution is -2.21. The molecule has 2 aromatic carbocycles. The molecule has 0 aliphatic carbocycles. The normalized spacial score (nSPS) is 10.8. The minimum Gasteiger partial charge on any atom is -0.455 e. The van der Waals surface area contributed by atoms with Crippen LogP contribution in [-0.2, 0) is 35.4 Å². The minimum atomic E-state index is -3.39. The summed E-state index contributed by atoms with van der Waals surface area (Å²) in [6, 6.07) is 12.4. The van der Waals surface area contributed by atoms with Crippen molar-refractivity contribution in [2.24, 2.45) is 0 Å². The number of nitrogens with one attached hydrogen (secondary N) is 2. The lowest BCUT2D eigenvalue weighted by Gasteiger charge is -2.08. The van der Waals surface area contributed by atoms with Crippen LogP contribution < -0.4 is 10.6 Å². The zero-order valence-corrected chi connectivity index (χ0v) is 16.2. The molecule has 2 amide bonds. The van der Waals surface area contributed by atoms with E-state index in [1.807, 2.05) is 0 Å². The Hall–Kier alpha value is -3.20. The number of amides is 2. The number of benzene rings is 2. The van der Waals surface area contributed by atoms with Crippen molar-refractivity contribution in [2.45, 2.75) is 18.2 Å². The third-order valence-electron chi connectivity index (χ3n) is 3.53. The Morgan fingerprint density at radius 2 is 1.64 bits per heavy atom. The molecular formula is C19H20N2O6S. The van der Waals surface area contributed by atoms with Crippen LogP contribution in [0.2, 0.25) is 0 Å². The van der Waals surface area contributed by atoms with Gasteiger partial charge in [0.05, 0.1) is 11.3 Å². The summed E-state index contributed by atoms with van der Waals surface area (Å²) in [5.41, 5.74) is 1.57. The fraction of sp³-hybridized carbons (Fsp3) is 0.211. The number of hydrogen-bond donors (Lipinski definition) is 2. The summed E-state index contributed by atoms with van der Waals surface area (Å²) in [5, 5.41) is 5.09. The second-order valence-corrected chi connectivity index (χ2v) is 8.08. The number of hydrogen-bond acceptors (Lipinski definition) is 6. The van der Waals surface area contributed by atoms with Crippen LogP contribution in [-0.4, -0.2) is 39.1 Å². The van der Waals surface area contributed by atoms with Crippen molar-refractivity contribution >= 4 is 39.0 Å². The maximum Gasteiger partial charge on any atom is 0.310 e. The molecule has 0 atom stereocenters. The molecule has 2 rings (SSSR count). The highest BCUT2D eigenvalue weighted by Crippen LogP contribution is 2.15. The van der Waals surface area contributed by atoms with Crippen LogP contribution in [0.5, 0.6) is 0 Å². The molecule has 0 saturated heterocycles. The molecule has 0 radical (unpaired) electrons. The van der Waals surface area contributed by atoms with Crippen LogP contribution in [0.1, 0.15) is 12.5 Å². The maximum absolute atomic E-state index is 11.9. The molecule has 0 bridgehead atoms. The molecule has 2 N–H and O–H groups in total. The molecule has 8 nitrogen and oxygen atoms in total. The number of esters is 1. The zero-order valence-electron chi connectivity index (χ0n) is 15.4. The van der Waals surface area contributed by atoms with Crippen LogP contribution in [0, 0.1) is 0 Å². The van der Waals surface area contributed by atoms with Gasteiger partial charge in [-0.3, -0.25) is 14.4 Å². The largest absolute Gasteiger partial charge is 0.455 e. The van der Waals surface area contributed by atoms with E-state index in [-0.39, 0.29) is 22.9 Å². The van der Waals surface area contributed by atoms with E-state index in [0.717, 1.165) is 6.26 Å². The molecule has 0 aliphatic heterocycles. The van der Waals surface area contributed by atoms with Gasteiger partial charge in [-0.2, -0.15) is 0 Å². The Labute approximate surface area is 162 Å². The Balaban J connectivity index is 1.84. The van der Waals surface area contributed by atoms with Gasteiger partial charge in [0, 0.05) is 24.6 Å². The van der Waals surface area contributed by atoms with Gasteiger partial charge in [-0.15, -0.1) is 0 Å². The Bertz CT molecular complexity index is 984. The van der Waals surface area contributed by atoms with Gasteiger partial charge >= 0.3 is 5.97 Å². The third kappa shape index (κ3) is 6.84. The lowest BCUT2D eigenvalue weighted by atomic mass is 10.1. The van der Waals surface area contributed by atoms with Crippen molar-refractivity contribution in [3.05, 3.63) is 54.1 Å². The van der Waals surface area contributed by atoms with E-state index < -0.39 is 28.3 Å². The molecule has 148 valence electrons. The second kappa shape index (κ2) is 9.14. The molecule has 0 unspecified atom stereocenters. The summed E-state index contributed by atoms with van der Waals surface area (Å²) in [5.74, 6) is -1.37. The first-order valence-corrected chi connectivity index (χ1v) is 10.1. The first kappa shape index (κ1) is 21.1. The van der Waals surface area contributed by atoms with Crippen LogP contribution in [0.25, 0.3) is 0 Å². The second-order valence-electron chi connectivity index (χ2n) is 6.06. The fourth-order valence-electron chi connectivity index (χ4n) is 2.27. The molecule has 0 saturated carbocycles. The van der Waals surface area contributed by atoms with Gasteiger partial charge in [-0.1, -0.05) is 18.2 Å². The summed E-state index contributed by atoms with van der Waals surface area (Å²) >= 11 is 0. The van der Waals surface area contributed by atoms with Crippen molar-refractivity contribution in [1.29, 1.82) is 0 Å². The zero-order chi connectivity index (χ0) is 20.7. The van der Waals surface area contributed by atoms with E-state index in [0.29, 0.717) is 11.3 Å². The van der Waals surface area contributed by atoms with Gasteiger partial charge in [0.15, 0.2) is 16.4 Å². The van der Waals surface area contributed by atoms with Gasteiger partial charge in [-0.25, -0.2) is 8.42 Å². The molecule has 28 heavy (non-hydrogen) atoms. The number of anilines is 2. The third-order valence-corrected chi connectivity index (χ3v) is 4.64. The van der Waals surface area contributed by atoms with Crippen molar-refractivity contribution in [3.63, 3.8) is 0 Å². The van der Waals surface area contributed by atoms with Gasteiger partial charge in [0.25, 0.3) is 5.91 Å². The Morgan fingerprint density at radius 1 is 0.964 bits per heavy atom. The first-order chi connectivity index (χ1) is 13.1. The highest BCUT2D eigenvalue weighted by atomic mass is 32.2. The Morgan fingerprint density at radius 3 is 2.25 bits per heavy atom. The Kier molecular flexibility index (Phi) is 6.89. The maximum atomic E-state index is 11.9. The van der Waals surface area contributed by atoms with Gasteiger partial charge in [-0.05, 0) is 35.9 Å². The van der Waals surface area contributed by atoms with Crippen LogP contribution in [0.4, 0.5) is 11.4 Å². The van der Waals surface area contributed by atoms with Crippen molar-refractivity contribution in [1.82, 2.24) is 0 Å². The summed E-state index contributed by atoms with van der Waals surface area (Å²) < 4.78 is 28.0. The molecule has 0 aromatic heterocycles. The molecule has 0 aliphatic rings. The molecule has 9 heteroatoms. The first-order valence-electron chi connectivity index (χ1n) is 8.25. The van der Waals surface area contributed by atoms with Gasteiger partial charge < -0.3 is 15.4 Å². The van der Waals surface area contributed by atoms with Gasteiger partial charge in [0.2, 0.25) is 5.91 Å². The predicted octanol–water partition coefficient (Wildman–Crippen LogP) is 1.77. The molecule has 0 fully saturated rings. The minimum absolute atomic E-state index is 0.0306. The highest BCUT2D eigenvalue weighted by molar-refractivity contribution is 7.90. The molecular weight excluding hydrogens is 384 g/mol. The number of carbonyl (C=O) groups is 3. The van der Waals surface area contributed by atoms with Crippen LogP contribution in [0.3, 0.4) is 0 Å². The van der Waals surface area contributed by atoms with E-state index in [9.17, 15) is 22.8 Å². The van der Waals surface area contributed by atoms with Gasteiger partial charge in [0.1, 0.15) is 0 Å². The monoisotopic (exact) mass is 404 g/mol. The van der Waals surface area contributed by atoms with Crippen LogP contribution >= 0.6 is 0 Å². The number of carbonyl (C=O) groups excluding carboxylic acids is 3. The standard InChI is InChI=1S/C19H20N2O6S/c1-13(22)20-15-8-6-14(7-9-15)10-19(24)27-12-18(23)21-16-4-3-5-17(11-16)28(2,25)26/h3-9,11H,10,12H2,1-2H3,(H,20,22)(H,21,23). The topological polar surface area (TPSA) is 119 Å². The number of sulfone groups is 1. The highest BCUT2D eigenvalue weighted by Gasteiger charge is 2.11. The molecule has 0 heterocycles.